The molecule has 1 aromatic heterocycles. The second kappa shape index (κ2) is 11.1. The van der Waals surface area contributed by atoms with E-state index in [1.807, 2.05) is 12.1 Å². The highest BCUT2D eigenvalue weighted by Crippen LogP contribution is 2.08. The molecule has 0 saturated heterocycles. The molecule has 1 rings (SSSR count). The van der Waals surface area contributed by atoms with Gasteiger partial charge in [0.1, 0.15) is 12.4 Å². The molecule has 0 aliphatic carbocycles. The molecule has 0 bridgehead atoms. The second-order valence-corrected chi connectivity index (χ2v) is 6.12. The molecule has 22 heavy (non-hydrogen) atoms. The number of hydrogen-bond donors (Lipinski definition) is 2. The van der Waals surface area contributed by atoms with Crippen molar-refractivity contribution in [1.29, 1.82) is 0 Å². The fourth-order valence-electron chi connectivity index (χ4n) is 2.14. The lowest BCUT2D eigenvalue weighted by Crippen LogP contribution is -2.38. The summed E-state index contributed by atoms with van der Waals surface area (Å²) in [5.74, 6) is 2.14. The number of nitrogens with two attached hydrogens (primary N) is 1. The summed E-state index contributed by atoms with van der Waals surface area (Å²) in [6.07, 6.45) is 6.11. The van der Waals surface area contributed by atoms with Gasteiger partial charge in [-0.25, -0.2) is 0 Å². The molecular weight excluding hydrogens is 278 g/mol. The van der Waals surface area contributed by atoms with Crippen molar-refractivity contribution < 1.29 is 9.15 Å². The summed E-state index contributed by atoms with van der Waals surface area (Å²) >= 11 is 0. The van der Waals surface area contributed by atoms with E-state index in [-0.39, 0.29) is 0 Å². The van der Waals surface area contributed by atoms with E-state index in [2.05, 4.69) is 31.1 Å². The standard InChI is InChI=1S/C17H31N3O2/c1-14(2)7-4-8-15(3)20-17(18)19-10-6-11-21-13-16-9-5-12-22-16/h5,9,12,14-15H,4,6-8,10-11,13H2,1-3H3,(H3,18,19,20). The molecule has 0 spiro atoms. The number of aliphatic imine (C=N–C) groups is 1. The first-order valence-electron chi connectivity index (χ1n) is 8.24. The van der Waals surface area contributed by atoms with Crippen molar-refractivity contribution in [1.82, 2.24) is 5.32 Å². The fourth-order valence-corrected chi connectivity index (χ4v) is 2.14. The summed E-state index contributed by atoms with van der Waals surface area (Å²) in [5, 5.41) is 3.24. The summed E-state index contributed by atoms with van der Waals surface area (Å²) in [6.45, 7) is 8.49. The smallest absolute Gasteiger partial charge is 0.188 e. The largest absolute Gasteiger partial charge is 0.467 e. The molecule has 1 unspecified atom stereocenters. The highest BCUT2D eigenvalue weighted by molar-refractivity contribution is 5.78. The minimum atomic E-state index is 0.373. The average Bonchev–Trinajstić information content (AvgIpc) is 2.95. The lowest BCUT2D eigenvalue weighted by Gasteiger charge is -2.15. The molecule has 126 valence electrons. The zero-order valence-corrected chi connectivity index (χ0v) is 14.2. The zero-order chi connectivity index (χ0) is 16.2. The number of rotatable bonds is 11. The molecule has 0 radical (unpaired) electrons. The van der Waals surface area contributed by atoms with Crippen molar-refractivity contribution in [3.63, 3.8) is 0 Å². The third kappa shape index (κ3) is 9.45. The van der Waals surface area contributed by atoms with Crippen LogP contribution in [0.2, 0.25) is 0 Å². The van der Waals surface area contributed by atoms with E-state index in [0.717, 1.165) is 24.5 Å². The summed E-state index contributed by atoms with van der Waals surface area (Å²) in [4.78, 5) is 4.32. The molecular formula is C17H31N3O2. The molecule has 0 aliphatic heterocycles. The van der Waals surface area contributed by atoms with E-state index in [4.69, 9.17) is 14.9 Å². The van der Waals surface area contributed by atoms with Gasteiger partial charge >= 0.3 is 0 Å². The summed E-state index contributed by atoms with van der Waals surface area (Å²) in [5.41, 5.74) is 5.88. The molecule has 0 amide bonds. The third-order valence-electron chi connectivity index (χ3n) is 3.37. The molecule has 3 N–H and O–H groups in total. The minimum absolute atomic E-state index is 0.373. The van der Waals surface area contributed by atoms with Gasteiger partial charge in [0, 0.05) is 19.2 Å². The van der Waals surface area contributed by atoms with Crippen molar-refractivity contribution in [3.05, 3.63) is 24.2 Å². The number of nitrogens with one attached hydrogen (secondary N) is 1. The van der Waals surface area contributed by atoms with Gasteiger partial charge < -0.3 is 20.2 Å². The second-order valence-electron chi connectivity index (χ2n) is 6.12. The molecule has 1 atom stereocenters. The minimum Gasteiger partial charge on any atom is -0.467 e. The molecule has 1 aromatic rings. The molecule has 1 heterocycles. The van der Waals surface area contributed by atoms with Crippen molar-refractivity contribution in [2.45, 2.75) is 59.1 Å². The number of furan rings is 1. The van der Waals surface area contributed by atoms with Gasteiger partial charge in [0.05, 0.1) is 6.26 Å². The van der Waals surface area contributed by atoms with Crippen LogP contribution in [0.5, 0.6) is 0 Å². The highest BCUT2D eigenvalue weighted by Gasteiger charge is 2.03. The van der Waals surface area contributed by atoms with Crippen LogP contribution in [-0.2, 0) is 11.3 Å². The van der Waals surface area contributed by atoms with Crippen LogP contribution in [0.1, 0.15) is 52.2 Å². The maximum absolute atomic E-state index is 5.88. The normalized spacial score (nSPS) is 13.5. The summed E-state index contributed by atoms with van der Waals surface area (Å²) < 4.78 is 10.7. The molecule has 0 aliphatic rings. The molecule has 0 aromatic carbocycles. The van der Waals surface area contributed by atoms with Crippen LogP contribution in [-0.4, -0.2) is 25.2 Å². The molecule has 5 nitrogen and oxygen atoms in total. The van der Waals surface area contributed by atoms with Gasteiger partial charge in [-0.2, -0.15) is 0 Å². The van der Waals surface area contributed by atoms with Crippen LogP contribution in [0.15, 0.2) is 27.8 Å². The maximum atomic E-state index is 5.88. The van der Waals surface area contributed by atoms with E-state index in [1.54, 1.807) is 6.26 Å². The highest BCUT2D eigenvalue weighted by atomic mass is 16.5. The zero-order valence-electron chi connectivity index (χ0n) is 14.2. The Kier molecular flexibility index (Phi) is 9.39. The van der Waals surface area contributed by atoms with Crippen LogP contribution < -0.4 is 11.1 Å². The van der Waals surface area contributed by atoms with Gasteiger partial charge in [0.25, 0.3) is 0 Å². The van der Waals surface area contributed by atoms with Crippen LogP contribution in [0, 0.1) is 5.92 Å². The fraction of sp³-hybridized carbons (Fsp3) is 0.706. The van der Waals surface area contributed by atoms with E-state index in [9.17, 15) is 0 Å². The molecule has 5 heteroatoms. The Hall–Kier alpha value is -1.49. The first-order chi connectivity index (χ1) is 10.6. The summed E-state index contributed by atoms with van der Waals surface area (Å²) in [7, 11) is 0. The first-order valence-corrected chi connectivity index (χ1v) is 8.24. The van der Waals surface area contributed by atoms with E-state index >= 15 is 0 Å². The Bertz CT molecular complexity index is 402. The van der Waals surface area contributed by atoms with Crippen molar-refractivity contribution in [2.24, 2.45) is 16.6 Å². The van der Waals surface area contributed by atoms with E-state index in [0.29, 0.717) is 31.8 Å². The van der Waals surface area contributed by atoms with Crippen LogP contribution >= 0.6 is 0 Å². The Morgan fingerprint density at radius 3 is 2.82 bits per heavy atom. The van der Waals surface area contributed by atoms with Gasteiger partial charge in [-0.05, 0) is 37.8 Å². The SMILES string of the molecule is CC(C)CCCC(C)NC(N)=NCCCOCc1ccco1. The van der Waals surface area contributed by atoms with Gasteiger partial charge in [-0.3, -0.25) is 4.99 Å². The Labute approximate surface area is 134 Å². The van der Waals surface area contributed by atoms with Crippen molar-refractivity contribution in [2.75, 3.05) is 13.2 Å². The topological polar surface area (TPSA) is 72.8 Å². The Morgan fingerprint density at radius 2 is 2.14 bits per heavy atom. The van der Waals surface area contributed by atoms with Crippen molar-refractivity contribution >= 4 is 5.96 Å². The van der Waals surface area contributed by atoms with Crippen molar-refractivity contribution in [3.8, 4) is 0 Å². The van der Waals surface area contributed by atoms with Gasteiger partial charge in [-0.15, -0.1) is 0 Å². The third-order valence-corrected chi connectivity index (χ3v) is 3.37. The lowest BCUT2D eigenvalue weighted by molar-refractivity contribution is 0.105. The quantitative estimate of drug-likeness (QED) is 0.374. The van der Waals surface area contributed by atoms with Crippen LogP contribution in [0.25, 0.3) is 0 Å². The summed E-state index contributed by atoms with van der Waals surface area (Å²) in [6, 6.07) is 4.14. The predicted octanol–water partition coefficient (Wildman–Crippen LogP) is 3.31. The lowest BCUT2D eigenvalue weighted by atomic mass is 10.0. The Balaban J connectivity index is 2.02. The van der Waals surface area contributed by atoms with Gasteiger partial charge in [0.15, 0.2) is 5.96 Å². The van der Waals surface area contributed by atoms with Crippen LogP contribution in [0.4, 0.5) is 0 Å². The number of ether oxygens (including phenoxy) is 1. The van der Waals surface area contributed by atoms with E-state index in [1.165, 1.54) is 12.8 Å². The maximum Gasteiger partial charge on any atom is 0.188 e. The van der Waals surface area contributed by atoms with Gasteiger partial charge in [-0.1, -0.05) is 26.7 Å². The average molecular weight is 309 g/mol. The molecule has 0 saturated carbocycles. The number of hydrogen-bond acceptors (Lipinski definition) is 3. The Morgan fingerprint density at radius 1 is 1.32 bits per heavy atom. The number of nitrogens with zero attached hydrogens (tertiary/aromatic N) is 1. The predicted molar refractivity (Wildman–Crippen MR) is 90.8 cm³/mol. The van der Waals surface area contributed by atoms with Gasteiger partial charge in [0.2, 0.25) is 0 Å². The first kappa shape index (κ1) is 18.6. The monoisotopic (exact) mass is 309 g/mol. The molecule has 0 fully saturated rings. The van der Waals surface area contributed by atoms with Crippen LogP contribution in [0.3, 0.4) is 0 Å². The number of guanidine groups is 1. The van der Waals surface area contributed by atoms with E-state index < -0.39 is 0 Å².